The van der Waals surface area contributed by atoms with Gasteiger partial charge in [0.1, 0.15) is 11.4 Å². The summed E-state index contributed by atoms with van der Waals surface area (Å²) in [4.78, 5) is 36.4. The highest BCUT2D eigenvalue weighted by Crippen LogP contribution is 2.30. The first-order valence-corrected chi connectivity index (χ1v) is 8.40. The van der Waals surface area contributed by atoms with Crippen LogP contribution in [0.25, 0.3) is 0 Å². The van der Waals surface area contributed by atoms with Gasteiger partial charge in [-0.2, -0.15) is 0 Å². The Morgan fingerprint density at radius 2 is 1.70 bits per heavy atom. The van der Waals surface area contributed by atoms with Crippen LogP contribution in [0.5, 0.6) is 5.75 Å². The van der Waals surface area contributed by atoms with Crippen LogP contribution in [0.4, 0.5) is 11.4 Å². The van der Waals surface area contributed by atoms with E-state index in [9.17, 15) is 19.7 Å². The van der Waals surface area contributed by atoms with E-state index in [1.54, 1.807) is 18.2 Å². The molecule has 8 heteroatoms. The molecular weight excluding hydrogens is 352 g/mol. The quantitative estimate of drug-likeness (QED) is 0.262. The third kappa shape index (κ3) is 4.29. The maximum atomic E-state index is 12.3. The lowest BCUT2D eigenvalue weighted by Gasteiger charge is -2.28. The van der Waals surface area contributed by atoms with Crippen LogP contribution < -0.4 is 9.64 Å². The minimum absolute atomic E-state index is 0.0781. The number of hydrogen-bond acceptors (Lipinski definition) is 7. The van der Waals surface area contributed by atoms with Crippen molar-refractivity contribution in [2.24, 2.45) is 0 Å². The Bertz CT molecular complexity index is 872. The van der Waals surface area contributed by atoms with Crippen LogP contribution >= 0.6 is 0 Å². The van der Waals surface area contributed by atoms with Crippen molar-refractivity contribution >= 4 is 23.1 Å². The molecule has 0 aliphatic carbocycles. The average molecular weight is 370 g/mol. The van der Waals surface area contributed by atoms with Gasteiger partial charge in [0.2, 0.25) is 0 Å². The van der Waals surface area contributed by atoms with Crippen molar-refractivity contribution in [3.63, 3.8) is 0 Å². The molecule has 1 aliphatic rings. The summed E-state index contributed by atoms with van der Waals surface area (Å²) in [5.74, 6) is -0.547. The van der Waals surface area contributed by atoms with Crippen molar-refractivity contribution in [3.8, 4) is 5.75 Å². The SMILES string of the molecule is CC(=O)c1ccc(OC(=O)c2ccc(N3CCOCC3)c([N+](=O)[O-])c2)cc1. The molecule has 0 N–H and O–H groups in total. The van der Waals surface area contributed by atoms with E-state index in [-0.39, 0.29) is 22.8 Å². The number of hydrogen-bond donors (Lipinski definition) is 0. The highest BCUT2D eigenvalue weighted by molar-refractivity contribution is 5.95. The minimum atomic E-state index is -0.706. The lowest BCUT2D eigenvalue weighted by molar-refractivity contribution is -0.384. The molecule has 0 saturated carbocycles. The molecule has 2 aromatic carbocycles. The van der Waals surface area contributed by atoms with Crippen LogP contribution in [0.3, 0.4) is 0 Å². The molecule has 0 unspecified atom stereocenters. The summed E-state index contributed by atoms with van der Waals surface area (Å²) in [5, 5.41) is 11.5. The first-order valence-electron chi connectivity index (χ1n) is 8.40. The molecule has 0 bridgehead atoms. The number of rotatable bonds is 5. The van der Waals surface area contributed by atoms with Crippen LogP contribution in [-0.2, 0) is 4.74 Å². The van der Waals surface area contributed by atoms with Gasteiger partial charge >= 0.3 is 5.97 Å². The van der Waals surface area contributed by atoms with Crippen LogP contribution in [-0.4, -0.2) is 43.0 Å². The molecule has 27 heavy (non-hydrogen) atoms. The zero-order valence-electron chi connectivity index (χ0n) is 14.7. The molecule has 1 aliphatic heterocycles. The second-order valence-corrected chi connectivity index (χ2v) is 6.03. The van der Waals surface area contributed by atoms with E-state index in [2.05, 4.69) is 0 Å². The molecule has 2 aromatic rings. The number of Topliss-reactive ketones (excluding diaryl/α,β-unsaturated/α-hetero) is 1. The Balaban J connectivity index is 1.81. The number of nitro benzene ring substituents is 1. The van der Waals surface area contributed by atoms with Crippen molar-refractivity contribution in [2.45, 2.75) is 6.92 Å². The standard InChI is InChI=1S/C19H18N2O6/c1-13(22)14-2-5-16(6-3-14)27-19(23)15-4-7-17(18(12-15)21(24)25)20-8-10-26-11-9-20/h2-7,12H,8-11H2,1H3. The number of esters is 1. The Morgan fingerprint density at radius 1 is 1.07 bits per heavy atom. The van der Waals surface area contributed by atoms with E-state index in [4.69, 9.17) is 9.47 Å². The minimum Gasteiger partial charge on any atom is -0.423 e. The van der Waals surface area contributed by atoms with Crippen molar-refractivity contribution in [1.29, 1.82) is 0 Å². The molecular formula is C19H18N2O6. The van der Waals surface area contributed by atoms with Gasteiger partial charge in [0.25, 0.3) is 5.69 Å². The lowest BCUT2D eigenvalue weighted by Crippen LogP contribution is -2.36. The maximum absolute atomic E-state index is 12.3. The van der Waals surface area contributed by atoms with Gasteiger partial charge in [-0.15, -0.1) is 0 Å². The molecule has 8 nitrogen and oxygen atoms in total. The summed E-state index contributed by atoms with van der Waals surface area (Å²) in [6, 6.07) is 10.4. The molecule has 1 saturated heterocycles. The monoisotopic (exact) mass is 370 g/mol. The number of benzene rings is 2. The maximum Gasteiger partial charge on any atom is 0.343 e. The number of morpholine rings is 1. The summed E-state index contributed by atoms with van der Waals surface area (Å²) in [6.07, 6.45) is 0. The third-order valence-electron chi connectivity index (χ3n) is 4.23. The Hall–Kier alpha value is -3.26. The fourth-order valence-electron chi connectivity index (χ4n) is 2.79. The molecule has 3 rings (SSSR count). The van der Waals surface area contributed by atoms with Crippen molar-refractivity contribution in [2.75, 3.05) is 31.2 Å². The van der Waals surface area contributed by atoms with Crippen LogP contribution in [0.1, 0.15) is 27.6 Å². The fraction of sp³-hybridized carbons (Fsp3) is 0.263. The van der Waals surface area contributed by atoms with Crippen LogP contribution in [0.2, 0.25) is 0 Å². The second kappa shape index (κ2) is 7.96. The van der Waals surface area contributed by atoms with Crippen LogP contribution in [0, 0.1) is 10.1 Å². The molecule has 1 fully saturated rings. The molecule has 140 valence electrons. The Morgan fingerprint density at radius 3 is 2.30 bits per heavy atom. The number of anilines is 1. The van der Waals surface area contributed by atoms with Crippen molar-refractivity contribution < 1.29 is 24.0 Å². The van der Waals surface area contributed by atoms with Gasteiger partial charge in [0, 0.05) is 24.7 Å². The van der Waals surface area contributed by atoms with Gasteiger partial charge in [0.05, 0.1) is 23.7 Å². The molecule has 0 spiro atoms. The van der Waals surface area contributed by atoms with Gasteiger partial charge < -0.3 is 14.4 Å². The second-order valence-electron chi connectivity index (χ2n) is 6.03. The predicted molar refractivity (Wildman–Crippen MR) is 97.5 cm³/mol. The molecule has 0 aromatic heterocycles. The smallest absolute Gasteiger partial charge is 0.343 e. The first-order chi connectivity index (χ1) is 13.0. The fourth-order valence-corrected chi connectivity index (χ4v) is 2.79. The summed E-state index contributed by atoms with van der Waals surface area (Å²) >= 11 is 0. The number of carbonyl (C=O) groups excluding carboxylic acids is 2. The number of nitro groups is 1. The topological polar surface area (TPSA) is 99.0 Å². The normalized spacial score (nSPS) is 13.9. The lowest BCUT2D eigenvalue weighted by atomic mass is 10.1. The van der Waals surface area contributed by atoms with E-state index in [0.29, 0.717) is 37.6 Å². The van der Waals surface area contributed by atoms with E-state index < -0.39 is 10.9 Å². The summed E-state index contributed by atoms with van der Waals surface area (Å²) < 4.78 is 10.5. The predicted octanol–water partition coefficient (Wildman–Crippen LogP) is 2.85. The zero-order chi connectivity index (χ0) is 19.4. The number of ether oxygens (including phenoxy) is 2. The van der Waals surface area contributed by atoms with E-state index in [1.165, 1.54) is 31.2 Å². The molecule has 1 heterocycles. The largest absolute Gasteiger partial charge is 0.423 e. The zero-order valence-corrected chi connectivity index (χ0v) is 14.7. The van der Waals surface area contributed by atoms with E-state index >= 15 is 0 Å². The van der Waals surface area contributed by atoms with E-state index in [1.807, 2.05) is 4.90 Å². The van der Waals surface area contributed by atoms with Gasteiger partial charge in [-0.25, -0.2) is 4.79 Å². The van der Waals surface area contributed by atoms with Crippen molar-refractivity contribution in [1.82, 2.24) is 0 Å². The van der Waals surface area contributed by atoms with Gasteiger partial charge in [-0.3, -0.25) is 14.9 Å². The summed E-state index contributed by atoms with van der Waals surface area (Å²) in [7, 11) is 0. The van der Waals surface area contributed by atoms with E-state index in [0.717, 1.165) is 0 Å². The van der Waals surface area contributed by atoms with Gasteiger partial charge in [-0.1, -0.05) is 0 Å². The number of ketones is 1. The molecule has 0 amide bonds. The summed E-state index contributed by atoms with van der Waals surface area (Å²) in [5.41, 5.74) is 0.874. The van der Waals surface area contributed by atoms with Crippen LogP contribution in [0.15, 0.2) is 42.5 Å². The van der Waals surface area contributed by atoms with Crippen molar-refractivity contribution in [3.05, 3.63) is 63.7 Å². The molecule has 0 radical (unpaired) electrons. The Labute approximate surface area is 155 Å². The average Bonchev–Trinajstić information content (AvgIpc) is 2.68. The van der Waals surface area contributed by atoms with Gasteiger partial charge in [0.15, 0.2) is 5.78 Å². The highest BCUT2D eigenvalue weighted by Gasteiger charge is 2.24. The molecule has 0 atom stereocenters. The third-order valence-corrected chi connectivity index (χ3v) is 4.23. The number of nitrogens with zero attached hydrogens (tertiary/aromatic N) is 2. The highest BCUT2D eigenvalue weighted by atomic mass is 16.6. The first kappa shape index (κ1) is 18.5. The van der Waals surface area contributed by atoms with Gasteiger partial charge in [-0.05, 0) is 43.3 Å². The summed E-state index contributed by atoms with van der Waals surface area (Å²) in [6.45, 7) is 3.53. The Kier molecular flexibility index (Phi) is 5.46. The number of carbonyl (C=O) groups is 2.